The van der Waals surface area contributed by atoms with Crippen LogP contribution >= 0.6 is 0 Å². The maximum absolute atomic E-state index is 11.3. The van der Waals surface area contributed by atoms with Gasteiger partial charge in [0.05, 0.1) is 13.2 Å². The van der Waals surface area contributed by atoms with Gasteiger partial charge in [-0.05, 0) is 18.8 Å². The molecule has 4 heteroatoms. The summed E-state index contributed by atoms with van der Waals surface area (Å²) in [5.74, 6) is -0.109. The Labute approximate surface area is 110 Å². The first-order valence-corrected chi connectivity index (χ1v) is 6.87. The minimum absolute atomic E-state index is 0.220. The zero-order valence-corrected chi connectivity index (χ0v) is 11.9. The van der Waals surface area contributed by atoms with Crippen molar-refractivity contribution in [3.05, 3.63) is 0 Å². The maximum Gasteiger partial charge on any atom is 0.305 e. The van der Waals surface area contributed by atoms with Crippen LogP contribution in [0.1, 0.15) is 59.3 Å². The SMILES string of the molecule is CCCCCOC(=O)CCCC(=O)OCC(C)C. The van der Waals surface area contributed by atoms with E-state index in [1.807, 2.05) is 13.8 Å². The predicted octanol–water partition coefficient (Wildman–Crippen LogP) is 3.09. The van der Waals surface area contributed by atoms with Crippen molar-refractivity contribution in [2.24, 2.45) is 5.92 Å². The summed E-state index contributed by atoms with van der Waals surface area (Å²) < 4.78 is 10.0. The van der Waals surface area contributed by atoms with Gasteiger partial charge in [-0.2, -0.15) is 0 Å². The van der Waals surface area contributed by atoms with Crippen molar-refractivity contribution in [2.45, 2.75) is 59.3 Å². The molecule has 0 aliphatic rings. The van der Waals surface area contributed by atoms with Gasteiger partial charge < -0.3 is 9.47 Å². The van der Waals surface area contributed by atoms with Gasteiger partial charge in [-0.3, -0.25) is 9.59 Å². The molecule has 106 valence electrons. The number of esters is 2. The average Bonchev–Trinajstić information content (AvgIpc) is 2.32. The van der Waals surface area contributed by atoms with Gasteiger partial charge in [-0.15, -0.1) is 0 Å². The van der Waals surface area contributed by atoms with E-state index in [1.54, 1.807) is 0 Å². The largest absolute Gasteiger partial charge is 0.466 e. The first kappa shape index (κ1) is 16.9. The molecule has 0 saturated heterocycles. The third-order valence-corrected chi connectivity index (χ3v) is 2.35. The third-order valence-electron chi connectivity index (χ3n) is 2.35. The maximum atomic E-state index is 11.3. The van der Waals surface area contributed by atoms with E-state index in [-0.39, 0.29) is 18.4 Å². The monoisotopic (exact) mass is 258 g/mol. The number of carbonyl (C=O) groups excluding carboxylic acids is 2. The van der Waals surface area contributed by atoms with E-state index in [0.717, 1.165) is 19.3 Å². The minimum Gasteiger partial charge on any atom is -0.466 e. The van der Waals surface area contributed by atoms with Crippen LogP contribution in [0, 0.1) is 5.92 Å². The molecule has 0 bridgehead atoms. The van der Waals surface area contributed by atoms with E-state index in [2.05, 4.69) is 6.92 Å². The number of hydrogen-bond acceptors (Lipinski definition) is 4. The van der Waals surface area contributed by atoms with Crippen LogP contribution in [0.4, 0.5) is 0 Å². The summed E-state index contributed by atoms with van der Waals surface area (Å²) in [6.07, 6.45) is 4.19. The Bertz CT molecular complexity index is 236. The Morgan fingerprint density at radius 1 is 0.944 bits per heavy atom. The molecular weight excluding hydrogens is 232 g/mol. The van der Waals surface area contributed by atoms with E-state index in [0.29, 0.717) is 32.0 Å². The second-order valence-electron chi connectivity index (χ2n) is 4.86. The molecule has 0 rings (SSSR count). The zero-order chi connectivity index (χ0) is 13.8. The van der Waals surface area contributed by atoms with Crippen LogP contribution in [-0.4, -0.2) is 25.2 Å². The molecular formula is C14H26O4. The molecule has 0 aromatic rings. The summed E-state index contributed by atoms with van der Waals surface area (Å²) >= 11 is 0. The minimum atomic E-state index is -0.234. The van der Waals surface area contributed by atoms with E-state index in [1.165, 1.54) is 0 Å². The van der Waals surface area contributed by atoms with Crippen LogP contribution in [0.25, 0.3) is 0 Å². The quantitative estimate of drug-likeness (QED) is 0.446. The van der Waals surface area contributed by atoms with Gasteiger partial charge in [-0.1, -0.05) is 33.6 Å². The number of rotatable bonds is 10. The fraction of sp³-hybridized carbons (Fsp3) is 0.857. The first-order valence-electron chi connectivity index (χ1n) is 6.87. The summed E-state index contributed by atoms with van der Waals surface area (Å²) in [7, 11) is 0. The van der Waals surface area contributed by atoms with Crippen LogP contribution < -0.4 is 0 Å². The van der Waals surface area contributed by atoms with Crippen molar-refractivity contribution in [1.29, 1.82) is 0 Å². The second-order valence-corrected chi connectivity index (χ2v) is 4.86. The van der Waals surface area contributed by atoms with Crippen LogP contribution in [0.5, 0.6) is 0 Å². The fourth-order valence-corrected chi connectivity index (χ4v) is 1.32. The highest BCUT2D eigenvalue weighted by molar-refractivity contribution is 5.72. The van der Waals surface area contributed by atoms with Crippen LogP contribution in [0.2, 0.25) is 0 Å². The second kappa shape index (κ2) is 11.1. The smallest absolute Gasteiger partial charge is 0.305 e. The predicted molar refractivity (Wildman–Crippen MR) is 70.1 cm³/mol. The highest BCUT2D eigenvalue weighted by atomic mass is 16.5. The van der Waals surface area contributed by atoms with Crippen LogP contribution in [0.3, 0.4) is 0 Å². The van der Waals surface area contributed by atoms with Gasteiger partial charge in [0.2, 0.25) is 0 Å². The van der Waals surface area contributed by atoms with Gasteiger partial charge >= 0.3 is 11.9 Å². The van der Waals surface area contributed by atoms with E-state index >= 15 is 0 Å². The molecule has 0 amide bonds. The molecule has 0 spiro atoms. The molecule has 0 aliphatic heterocycles. The number of carbonyl (C=O) groups is 2. The van der Waals surface area contributed by atoms with Crippen molar-refractivity contribution in [1.82, 2.24) is 0 Å². The zero-order valence-electron chi connectivity index (χ0n) is 11.9. The number of unbranched alkanes of at least 4 members (excludes halogenated alkanes) is 2. The molecule has 0 aromatic heterocycles. The van der Waals surface area contributed by atoms with Crippen molar-refractivity contribution < 1.29 is 19.1 Å². The average molecular weight is 258 g/mol. The molecule has 0 fully saturated rings. The Morgan fingerprint density at radius 3 is 2.11 bits per heavy atom. The Balaban J connectivity index is 3.41. The number of ether oxygens (including phenoxy) is 2. The molecule has 0 aliphatic carbocycles. The van der Waals surface area contributed by atoms with E-state index in [4.69, 9.17) is 9.47 Å². The third kappa shape index (κ3) is 11.4. The standard InChI is InChI=1S/C14H26O4/c1-4-5-6-10-17-13(15)8-7-9-14(16)18-11-12(2)3/h12H,4-11H2,1-3H3. The molecule has 4 nitrogen and oxygen atoms in total. The van der Waals surface area contributed by atoms with Crippen molar-refractivity contribution >= 4 is 11.9 Å². The summed E-state index contributed by atoms with van der Waals surface area (Å²) in [6, 6.07) is 0. The first-order chi connectivity index (χ1) is 8.56. The molecule has 0 heterocycles. The molecule has 0 radical (unpaired) electrons. The lowest BCUT2D eigenvalue weighted by atomic mass is 10.2. The number of hydrogen-bond donors (Lipinski definition) is 0. The van der Waals surface area contributed by atoms with Gasteiger partial charge in [0, 0.05) is 12.8 Å². The molecule has 0 unspecified atom stereocenters. The van der Waals surface area contributed by atoms with E-state index < -0.39 is 0 Å². The molecule has 18 heavy (non-hydrogen) atoms. The normalized spacial score (nSPS) is 10.4. The van der Waals surface area contributed by atoms with Crippen molar-refractivity contribution in [3.8, 4) is 0 Å². The lowest BCUT2D eigenvalue weighted by molar-refractivity contribution is -0.146. The van der Waals surface area contributed by atoms with E-state index in [9.17, 15) is 9.59 Å². The van der Waals surface area contributed by atoms with Gasteiger partial charge in [-0.25, -0.2) is 0 Å². The molecule has 0 N–H and O–H groups in total. The van der Waals surface area contributed by atoms with Crippen molar-refractivity contribution in [2.75, 3.05) is 13.2 Å². The van der Waals surface area contributed by atoms with Crippen LogP contribution in [-0.2, 0) is 19.1 Å². The molecule has 0 aromatic carbocycles. The summed E-state index contributed by atoms with van der Waals surface area (Å²) in [4.78, 5) is 22.5. The lowest BCUT2D eigenvalue weighted by Gasteiger charge is -2.07. The summed E-state index contributed by atoms with van der Waals surface area (Å²) in [5, 5.41) is 0. The Hall–Kier alpha value is -1.06. The molecule has 0 atom stereocenters. The van der Waals surface area contributed by atoms with Gasteiger partial charge in [0.25, 0.3) is 0 Å². The highest BCUT2D eigenvalue weighted by Gasteiger charge is 2.07. The lowest BCUT2D eigenvalue weighted by Crippen LogP contribution is -2.11. The summed E-state index contributed by atoms with van der Waals surface area (Å²) in [6.45, 7) is 7.01. The van der Waals surface area contributed by atoms with Crippen LogP contribution in [0.15, 0.2) is 0 Å². The van der Waals surface area contributed by atoms with Gasteiger partial charge in [0.15, 0.2) is 0 Å². The van der Waals surface area contributed by atoms with Gasteiger partial charge in [0.1, 0.15) is 0 Å². The Kier molecular flexibility index (Phi) is 10.4. The summed E-state index contributed by atoms with van der Waals surface area (Å²) in [5.41, 5.74) is 0. The Morgan fingerprint density at radius 2 is 1.56 bits per heavy atom. The fourth-order valence-electron chi connectivity index (χ4n) is 1.32. The topological polar surface area (TPSA) is 52.6 Å². The molecule has 0 saturated carbocycles. The van der Waals surface area contributed by atoms with Crippen molar-refractivity contribution in [3.63, 3.8) is 0 Å². The highest BCUT2D eigenvalue weighted by Crippen LogP contribution is 2.03.